The monoisotopic (exact) mass is 277 g/mol. The SMILES string of the molecule is CCNC(C)c1cccc(-c2cc(F)ccc2Cl)c1. The standard InChI is InChI=1S/C16H17ClFN/c1-3-19-11(2)12-5-4-6-13(9-12)15-10-14(18)7-8-16(15)17/h4-11,19H,3H2,1-2H3. The van der Waals surface area contributed by atoms with Crippen molar-refractivity contribution < 1.29 is 4.39 Å². The Bertz CT molecular complexity index is 568. The molecule has 0 spiro atoms. The van der Waals surface area contributed by atoms with Crippen LogP contribution >= 0.6 is 11.6 Å². The van der Waals surface area contributed by atoms with Crippen LogP contribution in [0.5, 0.6) is 0 Å². The molecule has 0 fully saturated rings. The summed E-state index contributed by atoms with van der Waals surface area (Å²) in [6.07, 6.45) is 0. The molecule has 0 saturated carbocycles. The molecule has 1 nitrogen and oxygen atoms in total. The van der Waals surface area contributed by atoms with Gasteiger partial charge in [-0.2, -0.15) is 0 Å². The lowest BCUT2D eigenvalue weighted by atomic mass is 10.00. The van der Waals surface area contributed by atoms with E-state index in [4.69, 9.17) is 11.6 Å². The van der Waals surface area contributed by atoms with Gasteiger partial charge in [0.15, 0.2) is 0 Å². The summed E-state index contributed by atoms with van der Waals surface area (Å²) in [7, 11) is 0. The van der Waals surface area contributed by atoms with Crippen LogP contribution in [0.1, 0.15) is 25.5 Å². The van der Waals surface area contributed by atoms with Gasteiger partial charge in [0, 0.05) is 16.6 Å². The van der Waals surface area contributed by atoms with Crippen LogP contribution in [0.25, 0.3) is 11.1 Å². The second-order valence-corrected chi connectivity index (χ2v) is 4.94. The molecule has 0 heterocycles. The molecular weight excluding hydrogens is 261 g/mol. The van der Waals surface area contributed by atoms with Crippen molar-refractivity contribution in [1.29, 1.82) is 0 Å². The summed E-state index contributed by atoms with van der Waals surface area (Å²) in [6, 6.07) is 12.7. The molecule has 1 unspecified atom stereocenters. The van der Waals surface area contributed by atoms with Crippen LogP contribution in [0.2, 0.25) is 5.02 Å². The summed E-state index contributed by atoms with van der Waals surface area (Å²) in [4.78, 5) is 0. The number of benzene rings is 2. The number of hydrogen-bond acceptors (Lipinski definition) is 1. The van der Waals surface area contributed by atoms with E-state index in [9.17, 15) is 4.39 Å². The molecule has 0 saturated heterocycles. The molecule has 1 atom stereocenters. The van der Waals surface area contributed by atoms with Crippen molar-refractivity contribution in [2.24, 2.45) is 0 Å². The Morgan fingerprint density at radius 2 is 2.00 bits per heavy atom. The Balaban J connectivity index is 2.40. The van der Waals surface area contributed by atoms with E-state index in [1.807, 2.05) is 18.2 Å². The summed E-state index contributed by atoms with van der Waals surface area (Å²) in [5, 5.41) is 3.92. The van der Waals surface area contributed by atoms with Crippen molar-refractivity contribution in [2.75, 3.05) is 6.54 Å². The molecule has 3 heteroatoms. The first-order valence-electron chi connectivity index (χ1n) is 6.40. The third-order valence-corrected chi connectivity index (χ3v) is 3.47. The minimum Gasteiger partial charge on any atom is -0.310 e. The number of halogens is 2. The van der Waals surface area contributed by atoms with Gasteiger partial charge in [-0.15, -0.1) is 0 Å². The van der Waals surface area contributed by atoms with E-state index in [1.54, 1.807) is 6.07 Å². The second kappa shape index (κ2) is 6.18. The Hall–Kier alpha value is -1.38. The molecule has 2 rings (SSSR count). The molecule has 0 aliphatic carbocycles. The number of hydrogen-bond donors (Lipinski definition) is 1. The largest absolute Gasteiger partial charge is 0.310 e. The zero-order chi connectivity index (χ0) is 13.8. The Kier molecular flexibility index (Phi) is 4.56. The Morgan fingerprint density at radius 1 is 1.21 bits per heavy atom. The molecule has 0 aromatic heterocycles. The van der Waals surface area contributed by atoms with E-state index in [2.05, 4.69) is 25.2 Å². The molecule has 2 aromatic rings. The van der Waals surface area contributed by atoms with Crippen molar-refractivity contribution in [1.82, 2.24) is 5.32 Å². The highest BCUT2D eigenvalue weighted by Gasteiger charge is 2.08. The smallest absolute Gasteiger partial charge is 0.123 e. The fraction of sp³-hybridized carbons (Fsp3) is 0.250. The van der Waals surface area contributed by atoms with Gasteiger partial charge in [-0.3, -0.25) is 0 Å². The van der Waals surface area contributed by atoms with E-state index in [0.717, 1.165) is 17.7 Å². The maximum Gasteiger partial charge on any atom is 0.123 e. The van der Waals surface area contributed by atoms with Crippen LogP contribution in [-0.2, 0) is 0 Å². The van der Waals surface area contributed by atoms with Gasteiger partial charge in [0.25, 0.3) is 0 Å². The quantitative estimate of drug-likeness (QED) is 0.845. The minimum atomic E-state index is -0.274. The van der Waals surface area contributed by atoms with Gasteiger partial charge in [-0.1, -0.05) is 36.7 Å². The molecule has 0 bridgehead atoms. The van der Waals surface area contributed by atoms with Gasteiger partial charge in [0.1, 0.15) is 5.82 Å². The first-order valence-corrected chi connectivity index (χ1v) is 6.78. The molecule has 0 aliphatic rings. The predicted octanol–water partition coefficient (Wildman–Crippen LogP) is 4.82. The van der Waals surface area contributed by atoms with Gasteiger partial charge in [0.05, 0.1) is 0 Å². The molecule has 100 valence electrons. The first-order chi connectivity index (χ1) is 9.11. The maximum atomic E-state index is 13.3. The van der Waals surface area contributed by atoms with Gasteiger partial charge in [0.2, 0.25) is 0 Å². The third-order valence-electron chi connectivity index (χ3n) is 3.14. The average Bonchev–Trinajstić information content (AvgIpc) is 2.42. The van der Waals surface area contributed by atoms with Crippen LogP contribution in [0.3, 0.4) is 0 Å². The topological polar surface area (TPSA) is 12.0 Å². The van der Waals surface area contributed by atoms with Crippen LogP contribution < -0.4 is 5.32 Å². The predicted molar refractivity (Wildman–Crippen MR) is 78.9 cm³/mol. The molecule has 0 amide bonds. The van der Waals surface area contributed by atoms with Crippen molar-refractivity contribution in [3.8, 4) is 11.1 Å². The van der Waals surface area contributed by atoms with Crippen molar-refractivity contribution in [3.63, 3.8) is 0 Å². The van der Waals surface area contributed by atoms with Crippen LogP contribution in [0, 0.1) is 5.82 Å². The molecule has 0 radical (unpaired) electrons. The normalized spacial score (nSPS) is 12.4. The number of rotatable bonds is 4. The lowest BCUT2D eigenvalue weighted by molar-refractivity contribution is 0.598. The summed E-state index contributed by atoms with van der Waals surface area (Å²) in [5.41, 5.74) is 2.83. The van der Waals surface area contributed by atoms with Gasteiger partial charge >= 0.3 is 0 Å². The highest BCUT2D eigenvalue weighted by atomic mass is 35.5. The maximum absolute atomic E-state index is 13.3. The molecule has 1 N–H and O–H groups in total. The molecule has 2 aromatic carbocycles. The van der Waals surface area contributed by atoms with E-state index < -0.39 is 0 Å². The summed E-state index contributed by atoms with van der Waals surface area (Å²) >= 11 is 6.14. The minimum absolute atomic E-state index is 0.261. The average molecular weight is 278 g/mol. The third kappa shape index (κ3) is 3.34. The Morgan fingerprint density at radius 3 is 2.74 bits per heavy atom. The van der Waals surface area contributed by atoms with Crippen LogP contribution in [-0.4, -0.2) is 6.54 Å². The lowest BCUT2D eigenvalue weighted by Crippen LogP contribution is -2.17. The van der Waals surface area contributed by atoms with Crippen molar-refractivity contribution in [3.05, 3.63) is 58.9 Å². The molecule has 0 aliphatic heterocycles. The van der Waals surface area contributed by atoms with E-state index in [1.165, 1.54) is 17.7 Å². The highest BCUT2D eigenvalue weighted by Crippen LogP contribution is 2.30. The highest BCUT2D eigenvalue weighted by molar-refractivity contribution is 6.33. The second-order valence-electron chi connectivity index (χ2n) is 4.53. The summed E-state index contributed by atoms with van der Waals surface area (Å²) < 4.78 is 13.3. The summed E-state index contributed by atoms with van der Waals surface area (Å²) in [6.45, 7) is 5.09. The van der Waals surface area contributed by atoms with Crippen molar-refractivity contribution >= 4 is 11.6 Å². The summed E-state index contributed by atoms with van der Waals surface area (Å²) in [5.74, 6) is -0.274. The lowest BCUT2D eigenvalue weighted by Gasteiger charge is -2.14. The van der Waals surface area contributed by atoms with E-state index in [0.29, 0.717) is 5.02 Å². The van der Waals surface area contributed by atoms with Crippen LogP contribution in [0.15, 0.2) is 42.5 Å². The zero-order valence-electron chi connectivity index (χ0n) is 11.1. The van der Waals surface area contributed by atoms with Crippen LogP contribution in [0.4, 0.5) is 4.39 Å². The molecular formula is C16H17ClFN. The van der Waals surface area contributed by atoms with E-state index >= 15 is 0 Å². The van der Waals surface area contributed by atoms with Gasteiger partial charge < -0.3 is 5.32 Å². The fourth-order valence-electron chi connectivity index (χ4n) is 2.12. The zero-order valence-corrected chi connectivity index (χ0v) is 11.8. The van der Waals surface area contributed by atoms with E-state index in [-0.39, 0.29) is 11.9 Å². The van der Waals surface area contributed by atoms with Gasteiger partial charge in [-0.05, 0) is 48.9 Å². The Labute approximate surface area is 118 Å². The number of nitrogens with one attached hydrogen (secondary N) is 1. The molecule has 19 heavy (non-hydrogen) atoms. The van der Waals surface area contributed by atoms with Gasteiger partial charge in [-0.25, -0.2) is 4.39 Å². The first kappa shape index (κ1) is 14.0. The fourth-order valence-corrected chi connectivity index (χ4v) is 2.34. The van der Waals surface area contributed by atoms with Crippen molar-refractivity contribution in [2.45, 2.75) is 19.9 Å².